The number of benzene rings is 1. The molecule has 30 heavy (non-hydrogen) atoms. The van der Waals surface area contributed by atoms with E-state index in [1.165, 1.54) is 11.1 Å². The first-order valence-corrected chi connectivity index (χ1v) is 10.5. The number of carbonyl (C=O) groups is 1. The molecule has 1 aromatic carbocycles. The minimum Gasteiger partial charge on any atom is -0.348 e. The molecule has 1 N–H and O–H groups in total. The highest BCUT2D eigenvalue weighted by molar-refractivity contribution is 5.88. The number of nitrogens with one attached hydrogen (secondary N) is 1. The van der Waals surface area contributed by atoms with E-state index >= 15 is 0 Å². The Hall–Kier alpha value is -3.41. The summed E-state index contributed by atoms with van der Waals surface area (Å²) in [5, 5.41) is 8.97. The average Bonchev–Trinajstić information content (AvgIpc) is 3.37. The first-order valence-electron chi connectivity index (χ1n) is 10.5. The van der Waals surface area contributed by atoms with Gasteiger partial charge >= 0.3 is 0 Å². The Labute approximate surface area is 175 Å². The summed E-state index contributed by atoms with van der Waals surface area (Å²) < 4.78 is 3.70. The number of fused-ring (bicyclic) bond motifs is 2. The molecule has 0 saturated heterocycles. The third-order valence-corrected chi connectivity index (χ3v) is 5.86. The van der Waals surface area contributed by atoms with Gasteiger partial charge in [-0.2, -0.15) is 5.10 Å². The second kappa shape index (κ2) is 7.44. The number of aryl methyl sites for hydroxylation is 3. The van der Waals surface area contributed by atoms with E-state index in [1.807, 2.05) is 42.1 Å². The highest BCUT2D eigenvalue weighted by Crippen LogP contribution is 2.30. The second-order valence-corrected chi connectivity index (χ2v) is 8.06. The van der Waals surface area contributed by atoms with Gasteiger partial charge in [0.2, 0.25) is 5.91 Å². The summed E-state index contributed by atoms with van der Waals surface area (Å²) in [5.41, 5.74) is 5.34. The molecular formula is C24H25N5O. The van der Waals surface area contributed by atoms with Gasteiger partial charge in [-0.3, -0.25) is 4.79 Å². The maximum Gasteiger partial charge on any atom is 0.242 e. The fourth-order valence-electron chi connectivity index (χ4n) is 4.54. The lowest BCUT2D eigenvalue weighted by Gasteiger charge is -2.26. The topological polar surface area (TPSA) is 64.7 Å². The van der Waals surface area contributed by atoms with E-state index < -0.39 is 0 Å². The normalized spacial score (nSPS) is 15.9. The van der Waals surface area contributed by atoms with Crippen LogP contribution in [0.1, 0.15) is 41.3 Å². The summed E-state index contributed by atoms with van der Waals surface area (Å²) in [7, 11) is 0. The van der Waals surface area contributed by atoms with Crippen molar-refractivity contribution in [1.82, 2.24) is 24.6 Å². The fourth-order valence-corrected chi connectivity index (χ4v) is 4.54. The smallest absolute Gasteiger partial charge is 0.242 e. The molecule has 6 nitrogen and oxygen atoms in total. The minimum atomic E-state index is -0.0406. The van der Waals surface area contributed by atoms with E-state index in [4.69, 9.17) is 10.1 Å². The summed E-state index contributed by atoms with van der Waals surface area (Å²) in [4.78, 5) is 17.7. The van der Waals surface area contributed by atoms with Crippen LogP contribution in [0.4, 0.5) is 0 Å². The van der Waals surface area contributed by atoms with Gasteiger partial charge in [0, 0.05) is 18.1 Å². The molecule has 0 saturated carbocycles. The summed E-state index contributed by atoms with van der Waals surface area (Å²) in [6, 6.07) is 14.4. The van der Waals surface area contributed by atoms with Gasteiger partial charge < -0.3 is 9.88 Å². The van der Waals surface area contributed by atoms with Crippen LogP contribution in [0.25, 0.3) is 16.9 Å². The Bertz CT molecular complexity index is 1220. The Kier molecular flexibility index (Phi) is 4.62. The van der Waals surface area contributed by atoms with Crippen LogP contribution in [-0.2, 0) is 17.8 Å². The predicted molar refractivity (Wildman–Crippen MR) is 117 cm³/mol. The van der Waals surface area contributed by atoms with Gasteiger partial charge in [-0.15, -0.1) is 0 Å². The van der Waals surface area contributed by atoms with Crippen LogP contribution in [0, 0.1) is 13.8 Å². The number of carbonyl (C=O) groups excluding carboxylic acids is 1. The third-order valence-electron chi connectivity index (χ3n) is 5.86. The second-order valence-electron chi connectivity index (χ2n) is 8.06. The number of aromatic nitrogens is 4. The van der Waals surface area contributed by atoms with Gasteiger partial charge in [0.05, 0.1) is 11.4 Å². The third kappa shape index (κ3) is 3.28. The van der Waals surface area contributed by atoms with Gasteiger partial charge in [0.1, 0.15) is 6.54 Å². The average molecular weight is 399 g/mol. The molecule has 0 aliphatic heterocycles. The Morgan fingerprint density at radius 3 is 2.80 bits per heavy atom. The molecule has 4 aromatic rings. The van der Waals surface area contributed by atoms with Crippen molar-refractivity contribution in [3.8, 4) is 5.82 Å². The van der Waals surface area contributed by atoms with E-state index in [9.17, 15) is 4.79 Å². The first-order chi connectivity index (χ1) is 14.6. The van der Waals surface area contributed by atoms with E-state index in [0.717, 1.165) is 47.4 Å². The molecule has 5 rings (SSSR count). The highest BCUT2D eigenvalue weighted by Gasteiger charge is 2.23. The minimum absolute atomic E-state index is 0.0406. The molecule has 0 fully saturated rings. The monoisotopic (exact) mass is 399 g/mol. The molecule has 1 aliphatic rings. The molecule has 0 radical (unpaired) electrons. The lowest BCUT2D eigenvalue weighted by molar-refractivity contribution is -0.122. The molecule has 6 heteroatoms. The van der Waals surface area contributed by atoms with Gasteiger partial charge in [0.25, 0.3) is 0 Å². The lowest BCUT2D eigenvalue weighted by atomic mass is 9.88. The Balaban J connectivity index is 1.47. The van der Waals surface area contributed by atoms with Crippen LogP contribution in [-0.4, -0.2) is 25.2 Å². The summed E-state index contributed by atoms with van der Waals surface area (Å²) in [6.07, 6.45) is 7.06. The van der Waals surface area contributed by atoms with Crippen LogP contribution >= 0.6 is 0 Å². The molecule has 1 aliphatic carbocycles. The van der Waals surface area contributed by atoms with Gasteiger partial charge in [-0.25, -0.2) is 9.67 Å². The van der Waals surface area contributed by atoms with Crippen LogP contribution in [0.15, 0.2) is 54.9 Å². The molecule has 0 spiro atoms. The van der Waals surface area contributed by atoms with Crippen molar-refractivity contribution in [2.24, 2.45) is 0 Å². The molecule has 152 valence electrons. The number of amides is 1. The van der Waals surface area contributed by atoms with Crippen molar-refractivity contribution in [3.63, 3.8) is 0 Å². The van der Waals surface area contributed by atoms with E-state index in [1.54, 1.807) is 4.68 Å². The van der Waals surface area contributed by atoms with Crippen molar-refractivity contribution in [3.05, 3.63) is 77.2 Å². The zero-order chi connectivity index (χ0) is 20.7. The van der Waals surface area contributed by atoms with E-state index in [0.29, 0.717) is 0 Å². The highest BCUT2D eigenvalue weighted by atomic mass is 16.2. The fraction of sp³-hybridized carbons (Fsp3) is 0.292. The maximum absolute atomic E-state index is 13.0. The van der Waals surface area contributed by atoms with Gasteiger partial charge in [-0.1, -0.05) is 24.3 Å². The number of hydrogen-bond acceptors (Lipinski definition) is 3. The maximum atomic E-state index is 13.0. The summed E-state index contributed by atoms with van der Waals surface area (Å²) in [6.45, 7) is 4.18. The van der Waals surface area contributed by atoms with Crippen molar-refractivity contribution < 1.29 is 4.79 Å². The molecule has 0 bridgehead atoms. The Morgan fingerprint density at radius 1 is 1.17 bits per heavy atom. The zero-order valence-electron chi connectivity index (χ0n) is 17.3. The number of pyridine rings is 1. The van der Waals surface area contributed by atoms with Crippen molar-refractivity contribution in [2.75, 3.05) is 0 Å². The largest absolute Gasteiger partial charge is 0.348 e. The van der Waals surface area contributed by atoms with Gasteiger partial charge in [0.15, 0.2) is 11.5 Å². The first kappa shape index (κ1) is 18.6. The van der Waals surface area contributed by atoms with Crippen molar-refractivity contribution in [1.29, 1.82) is 0 Å². The molecule has 1 unspecified atom stereocenters. The van der Waals surface area contributed by atoms with Gasteiger partial charge in [-0.05, 0) is 68.0 Å². The van der Waals surface area contributed by atoms with E-state index in [2.05, 4.69) is 36.5 Å². The van der Waals surface area contributed by atoms with Crippen molar-refractivity contribution >= 4 is 16.9 Å². The van der Waals surface area contributed by atoms with Crippen LogP contribution < -0.4 is 5.32 Å². The SMILES string of the molecule is Cc1cc(C)c2c(-n3cccc3)nn(CC(=O)NC3CCCc4ccccc43)c2n1. The molecular weight excluding hydrogens is 374 g/mol. The predicted octanol–water partition coefficient (Wildman–Crippen LogP) is 4.03. The summed E-state index contributed by atoms with van der Waals surface area (Å²) in [5.74, 6) is 0.761. The van der Waals surface area contributed by atoms with Crippen LogP contribution in [0.2, 0.25) is 0 Å². The van der Waals surface area contributed by atoms with Crippen molar-refractivity contribution in [2.45, 2.75) is 45.7 Å². The quantitative estimate of drug-likeness (QED) is 0.563. The summed E-state index contributed by atoms with van der Waals surface area (Å²) >= 11 is 0. The molecule has 1 atom stereocenters. The Morgan fingerprint density at radius 2 is 1.97 bits per heavy atom. The molecule has 3 aromatic heterocycles. The number of rotatable bonds is 4. The van der Waals surface area contributed by atoms with E-state index in [-0.39, 0.29) is 18.5 Å². The number of nitrogens with zero attached hydrogens (tertiary/aromatic N) is 4. The standard InChI is InChI=1S/C24H25N5O/c1-16-14-17(2)25-23-22(16)24(28-12-5-6-13-28)27-29(23)15-21(30)26-20-11-7-9-18-8-3-4-10-19(18)20/h3-6,8,10,12-14,20H,7,9,11,15H2,1-2H3,(H,26,30). The zero-order valence-corrected chi connectivity index (χ0v) is 17.3. The van der Waals surface area contributed by atoms with Crippen LogP contribution in [0.3, 0.4) is 0 Å². The lowest BCUT2D eigenvalue weighted by Crippen LogP contribution is -2.33. The molecule has 3 heterocycles. The number of hydrogen-bond donors (Lipinski definition) is 1. The molecule has 1 amide bonds. The van der Waals surface area contributed by atoms with Crippen LogP contribution in [0.5, 0.6) is 0 Å².